The molecule has 0 aliphatic carbocycles. The Balaban J connectivity index is 1.51. The first-order chi connectivity index (χ1) is 17.0. The molecule has 1 unspecified atom stereocenters. The van der Waals surface area contributed by atoms with Crippen molar-refractivity contribution in [3.8, 4) is 11.3 Å². The van der Waals surface area contributed by atoms with Crippen molar-refractivity contribution in [1.29, 1.82) is 0 Å². The van der Waals surface area contributed by atoms with Gasteiger partial charge in [-0.1, -0.05) is 59.2 Å². The van der Waals surface area contributed by atoms with E-state index in [1.165, 1.54) is 10.5 Å². The summed E-state index contributed by atoms with van der Waals surface area (Å²) in [7, 11) is 0. The number of aromatic nitrogens is 2. The highest BCUT2D eigenvalue weighted by Crippen LogP contribution is 2.39. The first kappa shape index (κ1) is 24.4. The monoisotopic (exact) mass is 490 g/mol. The number of anilines is 1. The van der Waals surface area contributed by atoms with Crippen LogP contribution < -0.4 is 10.2 Å². The Bertz CT molecular complexity index is 1280. The number of amides is 1. The van der Waals surface area contributed by atoms with E-state index < -0.39 is 12.1 Å². The van der Waals surface area contributed by atoms with Gasteiger partial charge >= 0.3 is 6.09 Å². The number of nitrogens with zero attached hydrogens (tertiary/aromatic N) is 3. The van der Waals surface area contributed by atoms with E-state index in [-0.39, 0.29) is 0 Å². The fourth-order valence-corrected chi connectivity index (χ4v) is 4.33. The highest BCUT2D eigenvalue weighted by atomic mass is 35.5. The van der Waals surface area contributed by atoms with Crippen LogP contribution >= 0.6 is 11.6 Å². The van der Waals surface area contributed by atoms with Gasteiger partial charge in [-0.15, -0.1) is 0 Å². The lowest BCUT2D eigenvalue weighted by Crippen LogP contribution is -2.33. The number of hydrogen-bond donors (Lipinski definition) is 2. The number of aryl methyl sites for hydroxylation is 1. The Labute approximate surface area is 209 Å². The van der Waals surface area contributed by atoms with Gasteiger partial charge in [-0.2, -0.15) is 0 Å². The van der Waals surface area contributed by atoms with Crippen LogP contribution in [0.4, 0.5) is 10.5 Å². The Morgan fingerprint density at radius 3 is 2.49 bits per heavy atom. The Morgan fingerprint density at radius 1 is 1.09 bits per heavy atom. The van der Waals surface area contributed by atoms with E-state index in [0.29, 0.717) is 27.7 Å². The highest BCUT2D eigenvalue weighted by molar-refractivity contribution is 6.31. The van der Waals surface area contributed by atoms with E-state index >= 15 is 0 Å². The van der Waals surface area contributed by atoms with Crippen LogP contribution in [0.5, 0.6) is 0 Å². The average Bonchev–Trinajstić information content (AvgIpc) is 3.24. The van der Waals surface area contributed by atoms with Gasteiger partial charge in [-0.05, 0) is 61.7 Å². The molecule has 0 saturated carbocycles. The van der Waals surface area contributed by atoms with Gasteiger partial charge in [0, 0.05) is 29.5 Å². The number of benzene rings is 2. The van der Waals surface area contributed by atoms with Crippen molar-refractivity contribution in [2.45, 2.75) is 32.9 Å². The first-order valence-electron chi connectivity index (χ1n) is 11.4. The van der Waals surface area contributed by atoms with Crippen molar-refractivity contribution in [2.24, 2.45) is 0 Å². The summed E-state index contributed by atoms with van der Waals surface area (Å²) in [6.45, 7) is 5.11. The molecule has 2 heterocycles. The first-order valence-corrected chi connectivity index (χ1v) is 11.7. The maximum Gasteiger partial charge on any atom is 0.412 e. The summed E-state index contributed by atoms with van der Waals surface area (Å²) in [6, 6.07) is 18.5. The van der Waals surface area contributed by atoms with Crippen LogP contribution in [-0.2, 0) is 13.0 Å². The molecule has 1 amide bonds. The van der Waals surface area contributed by atoms with Crippen LogP contribution in [0.2, 0.25) is 5.02 Å². The van der Waals surface area contributed by atoms with Gasteiger partial charge in [0.25, 0.3) is 0 Å². The lowest BCUT2D eigenvalue weighted by molar-refractivity contribution is 0.199. The predicted octanol–water partition coefficient (Wildman–Crippen LogP) is 6.28. The number of nitrogens with one attached hydrogen (secondary N) is 1. The maximum absolute atomic E-state index is 12.4. The Kier molecular flexibility index (Phi) is 7.80. The molecule has 0 saturated heterocycles. The fraction of sp³-hybridized carbons (Fsp3) is 0.222. The number of carboxylic acid groups (broad SMARTS) is 1. The van der Waals surface area contributed by atoms with E-state index in [9.17, 15) is 9.90 Å². The number of halogens is 1. The normalized spacial score (nSPS) is 11.9. The minimum Gasteiger partial charge on any atom is -0.465 e. The molecule has 0 aliphatic rings. The standard InChI is InChI=1S/C27H27ClN4O3/c1-18-25(32(27(33)34)19(2)23-5-3-4-6-24(23)28)26(35-31-18)22-9-7-21(8-10-22)17-30-16-13-20-11-14-29-15-12-20/h3-12,14-15,19,30H,13,16-17H2,1-2H3,(H,33,34). The number of rotatable bonds is 9. The summed E-state index contributed by atoms with van der Waals surface area (Å²) in [5.41, 5.74) is 4.71. The second kappa shape index (κ2) is 11.2. The molecule has 2 aromatic carbocycles. The summed E-state index contributed by atoms with van der Waals surface area (Å²) >= 11 is 6.36. The van der Waals surface area contributed by atoms with Gasteiger partial charge in [-0.25, -0.2) is 4.79 Å². The molecule has 7 nitrogen and oxygen atoms in total. The maximum atomic E-state index is 12.4. The van der Waals surface area contributed by atoms with E-state index in [1.54, 1.807) is 32.3 Å². The van der Waals surface area contributed by atoms with Crippen molar-refractivity contribution in [1.82, 2.24) is 15.5 Å². The van der Waals surface area contributed by atoms with Gasteiger partial charge in [0.1, 0.15) is 11.4 Å². The molecular weight excluding hydrogens is 464 g/mol. The minimum absolute atomic E-state index is 0.404. The second-order valence-electron chi connectivity index (χ2n) is 8.27. The third kappa shape index (κ3) is 5.70. The van der Waals surface area contributed by atoms with Gasteiger partial charge in [0.05, 0.1) is 6.04 Å². The smallest absolute Gasteiger partial charge is 0.412 e. The van der Waals surface area contributed by atoms with E-state index in [1.807, 2.05) is 54.6 Å². The number of pyridine rings is 1. The second-order valence-corrected chi connectivity index (χ2v) is 8.68. The van der Waals surface area contributed by atoms with E-state index in [4.69, 9.17) is 16.1 Å². The van der Waals surface area contributed by atoms with Crippen molar-refractivity contribution in [3.63, 3.8) is 0 Å². The zero-order valence-electron chi connectivity index (χ0n) is 19.6. The Hall–Kier alpha value is -3.68. The molecule has 0 fully saturated rings. The van der Waals surface area contributed by atoms with Crippen LogP contribution in [-0.4, -0.2) is 27.9 Å². The molecule has 8 heteroatoms. The van der Waals surface area contributed by atoms with Crippen LogP contribution in [0.1, 0.15) is 35.3 Å². The third-order valence-corrected chi connectivity index (χ3v) is 6.25. The van der Waals surface area contributed by atoms with Gasteiger partial charge in [-0.3, -0.25) is 9.88 Å². The van der Waals surface area contributed by atoms with E-state index in [0.717, 1.165) is 30.6 Å². The number of hydrogen-bond acceptors (Lipinski definition) is 5. The van der Waals surface area contributed by atoms with Crippen molar-refractivity contribution in [3.05, 3.63) is 100 Å². The Morgan fingerprint density at radius 2 is 1.80 bits per heavy atom. The fourth-order valence-electron chi connectivity index (χ4n) is 4.03. The lowest BCUT2D eigenvalue weighted by Gasteiger charge is -2.27. The molecule has 0 aliphatic heterocycles. The molecule has 0 spiro atoms. The molecule has 2 N–H and O–H groups in total. The molecule has 35 heavy (non-hydrogen) atoms. The third-order valence-electron chi connectivity index (χ3n) is 5.91. The van der Waals surface area contributed by atoms with Gasteiger partial charge < -0.3 is 14.9 Å². The zero-order chi connectivity index (χ0) is 24.8. The summed E-state index contributed by atoms with van der Waals surface area (Å²) in [4.78, 5) is 17.7. The van der Waals surface area contributed by atoms with Crippen LogP contribution in [0.15, 0.2) is 77.6 Å². The molecule has 180 valence electrons. The summed E-state index contributed by atoms with van der Waals surface area (Å²) in [6.07, 6.45) is 3.42. The SMILES string of the molecule is Cc1noc(-c2ccc(CNCCc3ccncc3)cc2)c1N(C(=O)O)C(C)c1ccccc1Cl. The zero-order valence-corrected chi connectivity index (χ0v) is 20.4. The summed E-state index contributed by atoms with van der Waals surface area (Å²) in [5.74, 6) is 0.404. The molecular formula is C27H27ClN4O3. The molecule has 1 atom stereocenters. The lowest BCUT2D eigenvalue weighted by atomic mass is 10.0. The number of carbonyl (C=O) groups is 1. The van der Waals surface area contributed by atoms with Crippen molar-refractivity contribution >= 4 is 23.4 Å². The largest absolute Gasteiger partial charge is 0.465 e. The summed E-state index contributed by atoms with van der Waals surface area (Å²) in [5, 5.41) is 18.1. The van der Waals surface area contributed by atoms with Gasteiger partial charge in [0.15, 0.2) is 5.76 Å². The summed E-state index contributed by atoms with van der Waals surface area (Å²) < 4.78 is 5.61. The highest BCUT2D eigenvalue weighted by Gasteiger charge is 2.31. The molecule has 4 rings (SSSR count). The van der Waals surface area contributed by atoms with Crippen molar-refractivity contribution in [2.75, 3.05) is 11.4 Å². The van der Waals surface area contributed by atoms with Crippen molar-refractivity contribution < 1.29 is 14.4 Å². The van der Waals surface area contributed by atoms with Crippen LogP contribution in [0.3, 0.4) is 0 Å². The minimum atomic E-state index is -1.11. The van der Waals surface area contributed by atoms with E-state index in [2.05, 4.69) is 15.5 Å². The quantitative estimate of drug-likeness (QED) is 0.268. The topological polar surface area (TPSA) is 91.5 Å². The van der Waals surface area contributed by atoms with Crippen LogP contribution in [0, 0.1) is 6.92 Å². The average molecular weight is 491 g/mol. The van der Waals surface area contributed by atoms with Crippen LogP contribution in [0.25, 0.3) is 11.3 Å². The molecule has 2 aromatic heterocycles. The molecule has 0 radical (unpaired) electrons. The van der Waals surface area contributed by atoms with Gasteiger partial charge in [0.2, 0.25) is 0 Å². The molecule has 4 aromatic rings. The predicted molar refractivity (Wildman–Crippen MR) is 137 cm³/mol. The molecule has 0 bridgehead atoms.